The van der Waals surface area contributed by atoms with Crippen LogP contribution >= 0.6 is 0 Å². The Hall–Kier alpha value is -3.56. The summed E-state index contributed by atoms with van der Waals surface area (Å²) in [6.45, 7) is 5.47. The summed E-state index contributed by atoms with van der Waals surface area (Å²) < 4.78 is 38.9. The molecule has 0 aliphatic carbocycles. The third-order valence-electron chi connectivity index (χ3n) is 5.86. The van der Waals surface area contributed by atoms with Gasteiger partial charge in [0.2, 0.25) is 5.91 Å². The molecule has 3 aromatic carbocycles. The largest absolute Gasteiger partial charge is 0.494 e. The topological polar surface area (TPSA) is 88.2 Å². The molecule has 1 N–H and O–H groups in total. The maximum atomic E-state index is 13.4. The highest BCUT2D eigenvalue weighted by Gasteiger charge is 2.27. The van der Waals surface area contributed by atoms with Crippen molar-refractivity contribution in [1.82, 2.24) is 5.32 Å². The molecule has 0 radical (unpaired) electrons. The van der Waals surface area contributed by atoms with Crippen LogP contribution in [0.4, 0.5) is 11.4 Å². The van der Waals surface area contributed by atoms with Gasteiger partial charge in [-0.25, -0.2) is 8.42 Å². The first-order valence-electron chi connectivity index (χ1n) is 12.0. The predicted octanol–water partition coefficient (Wildman–Crippen LogP) is 3.43. The summed E-state index contributed by atoms with van der Waals surface area (Å²) in [5.74, 6) is 0.226. The Labute approximate surface area is 212 Å². The molecule has 0 bridgehead atoms. The Morgan fingerprint density at radius 2 is 1.64 bits per heavy atom. The number of nitrogens with one attached hydrogen (secondary N) is 1. The van der Waals surface area contributed by atoms with Crippen LogP contribution < -0.4 is 19.3 Å². The van der Waals surface area contributed by atoms with Gasteiger partial charge in [0.1, 0.15) is 12.3 Å². The zero-order valence-electron chi connectivity index (χ0n) is 20.3. The summed E-state index contributed by atoms with van der Waals surface area (Å²) in [5.41, 5.74) is 2.43. The van der Waals surface area contributed by atoms with Gasteiger partial charge in [0.05, 0.1) is 30.4 Å². The van der Waals surface area contributed by atoms with E-state index in [1.165, 1.54) is 12.1 Å². The number of rotatable bonds is 10. The van der Waals surface area contributed by atoms with E-state index in [9.17, 15) is 13.2 Å². The number of carbonyl (C=O) groups excluding carboxylic acids is 1. The van der Waals surface area contributed by atoms with E-state index in [2.05, 4.69) is 10.2 Å². The lowest BCUT2D eigenvalue weighted by atomic mass is 10.2. The van der Waals surface area contributed by atoms with E-state index in [4.69, 9.17) is 9.47 Å². The number of amides is 1. The number of ether oxygens (including phenoxy) is 2. The molecule has 1 aliphatic heterocycles. The number of hydrogen-bond acceptors (Lipinski definition) is 6. The van der Waals surface area contributed by atoms with Gasteiger partial charge in [0, 0.05) is 25.3 Å². The van der Waals surface area contributed by atoms with Crippen molar-refractivity contribution in [1.29, 1.82) is 0 Å². The number of carbonyl (C=O) groups is 1. The molecular formula is C27H31N3O5S. The van der Waals surface area contributed by atoms with Gasteiger partial charge in [-0.2, -0.15) is 0 Å². The summed E-state index contributed by atoms with van der Waals surface area (Å²) in [6.07, 6.45) is 0. The normalized spacial score (nSPS) is 13.8. The molecule has 36 heavy (non-hydrogen) atoms. The molecule has 8 nitrogen and oxygen atoms in total. The highest BCUT2D eigenvalue weighted by atomic mass is 32.2. The van der Waals surface area contributed by atoms with E-state index >= 15 is 0 Å². The molecule has 1 heterocycles. The molecule has 0 atom stereocenters. The van der Waals surface area contributed by atoms with Crippen LogP contribution in [0.2, 0.25) is 0 Å². The molecule has 0 aromatic heterocycles. The summed E-state index contributed by atoms with van der Waals surface area (Å²) in [7, 11) is -3.96. The highest BCUT2D eigenvalue weighted by molar-refractivity contribution is 7.92. The van der Waals surface area contributed by atoms with E-state index in [0.717, 1.165) is 28.6 Å². The molecule has 1 aliphatic rings. The van der Waals surface area contributed by atoms with Crippen LogP contribution in [0.3, 0.4) is 0 Å². The first-order valence-corrected chi connectivity index (χ1v) is 13.4. The molecule has 9 heteroatoms. The van der Waals surface area contributed by atoms with Gasteiger partial charge in [-0.1, -0.05) is 30.3 Å². The van der Waals surface area contributed by atoms with E-state index < -0.39 is 15.9 Å². The Morgan fingerprint density at radius 1 is 0.972 bits per heavy atom. The van der Waals surface area contributed by atoms with Crippen LogP contribution in [0.25, 0.3) is 0 Å². The first-order chi connectivity index (χ1) is 17.5. The molecule has 0 saturated carbocycles. The van der Waals surface area contributed by atoms with E-state index in [1.54, 1.807) is 42.5 Å². The average Bonchev–Trinajstić information content (AvgIpc) is 2.92. The summed E-state index contributed by atoms with van der Waals surface area (Å²) in [4.78, 5) is 15.3. The smallest absolute Gasteiger partial charge is 0.264 e. The number of morpholine rings is 1. The van der Waals surface area contributed by atoms with Crippen LogP contribution in [-0.2, 0) is 26.1 Å². The second-order valence-electron chi connectivity index (χ2n) is 8.29. The Kier molecular flexibility index (Phi) is 8.45. The second kappa shape index (κ2) is 11.9. The fourth-order valence-electron chi connectivity index (χ4n) is 3.94. The minimum absolute atomic E-state index is 0.116. The minimum atomic E-state index is -3.96. The van der Waals surface area contributed by atoms with E-state index in [-0.39, 0.29) is 11.4 Å². The van der Waals surface area contributed by atoms with Crippen molar-refractivity contribution in [2.45, 2.75) is 18.4 Å². The summed E-state index contributed by atoms with van der Waals surface area (Å²) in [6, 6.07) is 22.8. The van der Waals surface area contributed by atoms with Gasteiger partial charge in [-0.05, 0) is 61.0 Å². The van der Waals surface area contributed by atoms with E-state index in [1.807, 2.05) is 31.2 Å². The van der Waals surface area contributed by atoms with Crippen molar-refractivity contribution < 1.29 is 22.7 Å². The van der Waals surface area contributed by atoms with Crippen LogP contribution in [0.15, 0.2) is 83.8 Å². The lowest BCUT2D eigenvalue weighted by Gasteiger charge is -2.29. The van der Waals surface area contributed by atoms with Gasteiger partial charge in [-0.15, -0.1) is 0 Å². The van der Waals surface area contributed by atoms with Crippen LogP contribution in [0, 0.1) is 0 Å². The standard InChI is InChI=1S/C27H31N3O5S/c1-2-35-25-14-12-24(13-15-25)30(36(32,33)26-6-4-3-5-7-26)21-27(31)28-20-22-8-10-23(11-9-22)29-16-18-34-19-17-29/h3-15H,2,16-21H2,1H3,(H,28,31). The van der Waals surface area contributed by atoms with Gasteiger partial charge >= 0.3 is 0 Å². The number of anilines is 2. The Bertz CT molecular complexity index is 1230. The third-order valence-corrected chi connectivity index (χ3v) is 7.64. The van der Waals surface area contributed by atoms with Crippen LogP contribution in [0.5, 0.6) is 5.75 Å². The fraction of sp³-hybridized carbons (Fsp3) is 0.296. The van der Waals surface area contributed by atoms with Gasteiger partial charge in [0.25, 0.3) is 10.0 Å². The molecule has 0 unspecified atom stereocenters. The highest BCUT2D eigenvalue weighted by Crippen LogP contribution is 2.26. The van der Waals surface area contributed by atoms with Gasteiger partial charge in [0.15, 0.2) is 0 Å². The van der Waals surface area contributed by atoms with Crippen molar-refractivity contribution in [2.24, 2.45) is 0 Å². The van der Waals surface area contributed by atoms with Crippen molar-refractivity contribution >= 4 is 27.3 Å². The van der Waals surface area contributed by atoms with E-state index in [0.29, 0.717) is 37.8 Å². The molecule has 4 rings (SSSR count). The fourth-order valence-corrected chi connectivity index (χ4v) is 5.39. The van der Waals surface area contributed by atoms with Crippen molar-refractivity contribution in [2.75, 3.05) is 48.7 Å². The molecule has 190 valence electrons. The molecule has 1 saturated heterocycles. The van der Waals surface area contributed by atoms with Gasteiger partial charge < -0.3 is 19.7 Å². The molecular weight excluding hydrogens is 478 g/mol. The van der Waals surface area contributed by atoms with Crippen molar-refractivity contribution in [3.63, 3.8) is 0 Å². The number of nitrogens with zero attached hydrogens (tertiary/aromatic N) is 2. The zero-order chi connectivity index (χ0) is 25.4. The number of hydrogen-bond donors (Lipinski definition) is 1. The first kappa shape index (κ1) is 25.5. The van der Waals surface area contributed by atoms with Crippen LogP contribution in [-0.4, -0.2) is 53.8 Å². The molecule has 3 aromatic rings. The predicted molar refractivity (Wildman–Crippen MR) is 140 cm³/mol. The quantitative estimate of drug-likeness (QED) is 0.451. The van der Waals surface area contributed by atoms with Gasteiger partial charge in [-0.3, -0.25) is 9.10 Å². The average molecular weight is 510 g/mol. The third kappa shape index (κ3) is 6.35. The lowest BCUT2D eigenvalue weighted by Crippen LogP contribution is -2.40. The molecule has 1 fully saturated rings. The van der Waals surface area contributed by atoms with Crippen molar-refractivity contribution in [3.05, 3.63) is 84.4 Å². The summed E-state index contributed by atoms with van der Waals surface area (Å²) >= 11 is 0. The SMILES string of the molecule is CCOc1ccc(N(CC(=O)NCc2ccc(N3CCOCC3)cc2)S(=O)(=O)c2ccccc2)cc1. The maximum absolute atomic E-state index is 13.4. The summed E-state index contributed by atoms with van der Waals surface area (Å²) in [5, 5.41) is 2.85. The monoisotopic (exact) mass is 509 g/mol. The lowest BCUT2D eigenvalue weighted by molar-refractivity contribution is -0.119. The number of benzene rings is 3. The number of sulfonamides is 1. The minimum Gasteiger partial charge on any atom is -0.494 e. The second-order valence-corrected chi connectivity index (χ2v) is 10.2. The Balaban J connectivity index is 1.46. The van der Waals surface area contributed by atoms with Crippen molar-refractivity contribution in [3.8, 4) is 5.75 Å². The zero-order valence-corrected chi connectivity index (χ0v) is 21.1. The Morgan fingerprint density at radius 3 is 2.28 bits per heavy atom. The molecule has 1 amide bonds. The maximum Gasteiger partial charge on any atom is 0.264 e. The van der Waals surface area contributed by atoms with Crippen LogP contribution in [0.1, 0.15) is 12.5 Å². The molecule has 0 spiro atoms.